The first-order valence-electron chi connectivity index (χ1n) is 5.37. The zero-order valence-corrected chi connectivity index (χ0v) is 9.25. The second kappa shape index (κ2) is 3.30. The minimum absolute atomic E-state index is 0.822. The maximum Gasteiger partial charge on any atom is 0.0825 e. The van der Waals surface area contributed by atoms with Crippen LogP contribution in [0.3, 0.4) is 0 Å². The Morgan fingerprint density at radius 1 is 1.43 bits per heavy atom. The molecule has 0 radical (unpaired) electrons. The van der Waals surface area contributed by atoms with E-state index in [2.05, 4.69) is 23.6 Å². The van der Waals surface area contributed by atoms with Gasteiger partial charge in [-0.25, -0.2) is 0 Å². The van der Waals surface area contributed by atoms with Crippen molar-refractivity contribution in [2.24, 2.45) is 11.8 Å². The van der Waals surface area contributed by atoms with E-state index in [9.17, 15) is 0 Å². The molecule has 0 aliphatic heterocycles. The number of nitrogens with two attached hydrogens (primary N) is 1. The first-order valence-corrected chi connectivity index (χ1v) is 5.37. The van der Waals surface area contributed by atoms with E-state index in [-0.39, 0.29) is 0 Å². The van der Waals surface area contributed by atoms with Gasteiger partial charge >= 0.3 is 0 Å². The summed E-state index contributed by atoms with van der Waals surface area (Å²) in [6, 6.07) is 0. The van der Waals surface area contributed by atoms with Crippen LogP contribution in [0.15, 0.2) is 0 Å². The molecular formula is C11H19N3. The molecule has 0 unspecified atom stereocenters. The lowest BCUT2D eigenvalue weighted by molar-refractivity contribution is 0.180. The molecule has 1 aliphatic carbocycles. The Morgan fingerprint density at radius 3 is 2.50 bits per heavy atom. The number of nitrogen functional groups attached to an aromatic ring is 1. The second-order valence-corrected chi connectivity index (χ2v) is 4.71. The van der Waals surface area contributed by atoms with Gasteiger partial charge in [0.25, 0.3) is 0 Å². The Morgan fingerprint density at radius 2 is 2.07 bits per heavy atom. The smallest absolute Gasteiger partial charge is 0.0825 e. The highest BCUT2D eigenvalue weighted by Gasteiger charge is 2.26. The third kappa shape index (κ3) is 1.51. The molecule has 0 bridgehead atoms. The number of anilines is 1. The number of nitrogens with zero attached hydrogens (tertiary/aromatic N) is 2. The lowest BCUT2D eigenvalue weighted by Crippen LogP contribution is -2.26. The van der Waals surface area contributed by atoms with Crippen molar-refractivity contribution in [1.82, 2.24) is 9.78 Å². The van der Waals surface area contributed by atoms with E-state index in [0.29, 0.717) is 0 Å². The summed E-state index contributed by atoms with van der Waals surface area (Å²) in [5, 5.41) is 4.45. The highest BCUT2D eigenvalue weighted by atomic mass is 15.3. The first kappa shape index (κ1) is 9.56. The normalized spacial score (nSPS) is 26.2. The molecule has 0 saturated heterocycles. The van der Waals surface area contributed by atoms with Crippen molar-refractivity contribution in [2.75, 3.05) is 5.73 Å². The number of aromatic nitrogens is 2. The summed E-state index contributed by atoms with van der Waals surface area (Å²) in [7, 11) is 0. The van der Waals surface area contributed by atoms with E-state index in [1.165, 1.54) is 12.8 Å². The summed E-state index contributed by atoms with van der Waals surface area (Å²) in [6.45, 7) is 7.39. The summed E-state index contributed by atoms with van der Waals surface area (Å²) in [5.41, 5.74) is 8.83. The molecule has 0 amide bonds. The Balaban J connectivity index is 2.06. The lowest BCUT2D eigenvalue weighted by Gasteiger charge is -2.32. The third-order valence-electron chi connectivity index (χ3n) is 3.34. The van der Waals surface area contributed by atoms with E-state index in [4.69, 9.17) is 5.73 Å². The van der Waals surface area contributed by atoms with E-state index in [0.717, 1.165) is 35.5 Å². The predicted octanol–water partition coefficient (Wildman–Crippen LogP) is 2.13. The largest absolute Gasteiger partial charge is 0.396 e. The van der Waals surface area contributed by atoms with E-state index in [1.807, 2.05) is 6.92 Å². The van der Waals surface area contributed by atoms with Crippen LogP contribution in [0, 0.1) is 25.7 Å². The molecule has 1 saturated carbocycles. The van der Waals surface area contributed by atoms with Crippen LogP contribution in [0.2, 0.25) is 0 Å². The fraction of sp³-hybridized carbons (Fsp3) is 0.727. The molecule has 0 spiro atoms. The number of hydrogen-bond acceptors (Lipinski definition) is 2. The van der Waals surface area contributed by atoms with Gasteiger partial charge < -0.3 is 5.73 Å². The highest BCUT2D eigenvalue weighted by molar-refractivity contribution is 5.46. The minimum atomic E-state index is 0.822. The number of hydrogen-bond donors (Lipinski definition) is 1. The zero-order chi connectivity index (χ0) is 10.3. The van der Waals surface area contributed by atoms with Crippen LogP contribution >= 0.6 is 0 Å². The molecule has 1 aromatic rings. The van der Waals surface area contributed by atoms with Crippen molar-refractivity contribution < 1.29 is 0 Å². The quantitative estimate of drug-likeness (QED) is 0.782. The maximum atomic E-state index is 5.88. The molecule has 1 heterocycles. The van der Waals surface area contributed by atoms with Gasteiger partial charge in [0.05, 0.1) is 17.1 Å². The van der Waals surface area contributed by atoms with Crippen molar-refractivity contribution in [2.45, 2.75) is 40.2 Å². The average molecular weight is 193 g/mol. The Bertz CT molecular complexity index is 335. The average Bonchev–Trinajstić information content (AvgIpc) is 2.31. The van der Waals surface area contributed by atoms with Crippen molar-refractivity contribution in [3.8, 4) is 0 Å². The summed E-state index contributed by atoms with van der Waals surface area (Å²) in [6.07, 6.45) is 2.69. The first-order chi connectivity index (χ1) is 6.58. The van der Waals surface area contributed by atoms with E-state index >= 15 is 0 Å². The number of rotatable bonds is 2. The summed E-state index contributed by atoms with van der Waals surface area (Å²) in [4.78, 5) is 0. The molecule has 0 aromatic carbocycles. The molecule has 1 fully saturated rings. The van der Waals surface area contributed by atoms with Crippen molar-refractivity contribution in [3.63, 3.8) is 0 Å². The van der Waals surface area contributed by atoms with Gasteiger partial charge in [-0.2, -0.15) is 5.10 Å². The lowest BCUT2D eigenvalue weighted by atomic mass is 9.76. The molecule has 2 rings (SSSR count). The van der Waals surface area contributed by atoms with Crippen LogP contribution in [0.4, 0.5) is 5.69 Å². The fourth-order valence-electron chi connectivity index (χ4n) is 2.35. The van der Waals surface area contributed by atoms with Crippen molar-refractivity contribution in [1.29, 1.82) is 0 Å². The van der Waals surface area contributed by atoms with Gasteiger partial charge in [-0.15, -0.1) is 0 Å². The maximum absolute atomic E-state index is 5.88. The SMILES string of the molecule is Cc1nn(CC2CC(C)C2)c(C)c1N. The van der Waals surface area contributed by atoms with Crippen molar-refractivity contribution in [3.05, 3.63) is 11.4 Å². The molecule has 3 nitrogen and oxygen atoms in total. The van der Waals surface area contributed by atoms with Crippen molar-refractivity contribution >= 4 is 5.69 Å². The van der Waals surface area contributed by atoms with Gasteiger partial charge in [-0.05, 0) is 38.5 Å². The van der Waals surface area contributed by atoms with Gasteiger partial charge in [0.2, 0.25) is 0 Å². The van der Waals surface area contributed by atoms with Crippen LogP contribution in [0.5, 0.6) is 0 Å². The second-order valence-electron chi connectivity index (χ2n) is 4.71. The summed E-state index contributed by atoms with van der Waals surface area (Å²) in [5.74, 6) is 1.73. The predicted molar refractivity (Wildman–Crippen MR) is 58.0 cm³/mol. The van der Waals surface area contributed by atoms with Crippen LogP contribution in [0.1, 0.15) is 31.2 Å². The van der Waals surface area contributed by atoms with Crippen LogP contribution in [0.25, 0.3) is 0 Å². The highest BCUT2D eigenvalue weighted by Crippen LogP contribution is 2.34. The van der Waals surface area contributed by atoms with Crippen LogP contribution in [-0.2, 0) is 6.54 Å². The monoisotopic (exact) mass is 193 g/mol. The topological polar surface area (TPSA) is 43.8 Å². The molecule has 2 N–H and O–H groups in total. The third-order valence-corrected chi connectivity index (χ3v) is 3.34. The zero-order valence-electron chi connectivity index (χ0n) is 9.25. The molecule has 1 aliphatic rings. The molecule has 14 heavy (non-hydrogen) atoms. The van der Waals surface area contributed by atoms with Gasteiger partial charge in [0.1, 0.15) is 0 Å². The molecular weight excluding hydrogens is 174 g/mol. The van der Waals surface area contributed by atoms with Gasteiger partial charge in [0.15, 0.2) is 0 Å². The number of aryl methyl sites for hydroxylation is 1. The summed E-state index contributed by atoms with van der Waals surface area (Å²) >= 11 is 0. The molecule has 1 aromatic heterocycles. The van der Waals surface area contributed by atoms with Gasteiger partial charge in [0, 0.05) is 6.54 Å². The molecule has 3 heteroatoms. The molecule has 0 atom stereocenters. The fourth-order valence-corrected chi connectivity index (χ4v) is 2.35. The van der Waals surface area contributed by atoms with Gasteiger partial charge in [-0.1, -0.05) is 6.92 Å². The Labute approximate surface area is 85.3 Å². The Hall–Kier alpha value is -0.990. The Kier molecular flexibility index (Phi) is 2.25. The van der Waals surface area contributed by atoms with Crippen LogP contribution < -0.4 is 5.73 Å². The van der Waals surface area contributed by atoms with E-state index < -0.39 is 0 Å². The van der Waals surface area contributed by atoms with Crippen LogP contribution in [-0.4, -0.2) is 9.78 Å². The summed E-state index contributed by atoms with van der Waals surface area (Å²) < 4.78 is 2.07. The van der Waals surface area contributed by atoms with E-state index in [1.54, 1.807) is 0 Å². The standard InChI is InChI=1S/C11H19N3/c1-7-4-10(5-7)6-14-9(3)11(12)8(2)13-14/h7,10H,4-6,12H2,1-3H3. The van der Waals surface area contributed by atoms with Gasteiger partial charge in [-0.3, -0.25) is 4.68 Å². The molecule has 78 valence electrons. The minimum Gasteiger partial charge on any atom is -0.396 e.